The molecule has 0 saturated heterocycles. The molecule has 0 spiro atoms. The molecule has 3 aromatic carbocycles. The smallest absolute Gasteiger partial charge is 0.338 e. The topological polar surface area (TPSA) is 89.8 Å². The van der Waals surface area contributed by atoms with Gasteiger partial charge in [0.15, 0.2) is 4.96 Å². The van der Waals surface area contributed by atoms with Crippen molar-refractivity contribution in [3.63, 3.8) is 0 Å². The molecule has 0 fully saturated rings. The first-order valence-electron chi connectivity index (χ1n) is 10.5. The van der Waals surface area contributed by atoms with Gasteiger partial charge in [-0.15, -0.1) is 11.3 Å². The Kier molecular flexibility index (Phi) is 5.65. The van der Waals surface area contributed by atoms with Crippen LogP contribution in [0.5, 0.6) is 0 Å². The van der Waals surface area contributed by atoms with Crippen LogP contribution in [0.25, 0.3) is 15.7 Å². The molecule has 0 saturated carbocycles. The third-order valence-corrected chi connectivity index (χ3v) is 6.34. The van der Waals surface area contributed by atoms with Crippen LogP contribution in [-0.4, -0.2) is 21.3 Å². The Bertz CT molecular complexity index is 1600. The minimum Gasteiger partial charge on any atom is -0.456 e. The third-order valence-electron chi connectivity index (χ3n) is 5.39. The third kappa shape index (κ3) is 4.18. The molecule has 0 bridgehead atoms. The molecule has 0 atom stereocenters. The molecule has 8 heteroatoms. The van der Waals surface area contributed by atoms with E-state index in [1.807, 2.05) is 48.7 Å². The molecule has 0 radical (unpaired) electrons. The molecule has 0 unspecified atom stereocenters. The average molecular weight is 470 g/mol. The number of hydrogen-bond acceptors (Lipinski definition) is 6. The van der Waals surface area contributed by atoms with Crippen molar-refractivity contribution in [1.29, 1.82) is 0 Å². The van der Waals surface area contributed by atoms with Gasteiger partial charge in [-0.3, -0.25) is 14.0 Å². The summed E-state index contributed by atoms with van der Waals surface area (Å²) >= 11 is 1.35. The zero-order chi connectivity index (χ0) is 23.7. The van der Waals surface area contributed by atoms with E-state index in [9.17, 15) is 14.4 Å². The Hall–Kier alpha value is -4.30. The van der Waals surface area contributed by atoms with E-state index in [-0.39, 0.29) is 18.1 Å². The molecule has 5 rings (SSSR count). The van der Waals surface area contributed by atoms with Crippen molar-refractivity contribution >= 4 is 44.6 Å². The van der Waals surface area contributed by atoms with E-state index >= 15 is 0 Å². The molecular formula is C26H19N3O4S. The van der Waals surface area contributed by atoms with Gasteiger partial charge in [-0.1, -0.05) is 36.4 Å². The number of carbonyl (C=O) groups is 2. The molecule has 0 aliphatic carbocycles. The van der Waals surface area contributed by atoms with Crippen molar-refractivity contribution in [2.45, 2.75) is 13.5 Å². The number of amides is 1. The molecule has 0 aliphatic rings. The zero-order valence-electron chi connectivity index (χ0n) is 18.1. The maximum absolute atomic E-state index is 12.8. The van der Waals surface area contributed by atoms with Crippen molar-refractivity contribution in [2.24, 2.45) is 0 Å². The van der Waals surface area contributed by atoms with E-state index in [0.717, 1.165) is 16.5 Å². The van der Waals surface area contributed by atoms with Gasteiger partial charge < -0.3 is 10.1 Å². The number of thiazole rings is 1. The molecule has 0 aliphatic heterocycles. The molecular weight excluding hydrogens is 450 g/mol. The lowest BCUT2D eigenvalue weighted by Crippen LogP contribution is -2.16. The minimum atomic E-state index is -0.545. The quantitative estimate of drug-likeness (QED) is 0.373. The number of nitrogens with zero attached hydrogens (tertiary/aromatic N) is 2. The Morgan fingerprint density at radius 1 is 1.03 bits per heavy atom. The van der Waals surface area contributed by atoms with E-state index in [1.165, 1.54) is 21.8 Å². The number of hydrogen-bond donors (Lipinski definition) is 1. The van der Waals surface area contributed by atoms with Gasteiger partial charge in [0, 0.05) is 28.4 Å². The van der Waals surface area contributed by atoms with Crippen molar-refractivity contribution in [2.75, 3.05) is 5.32 Å². The largest absolute Gasteiger partial charge is 0.456 e. The van der Waals surface area contributed by atoms with Crippen molar-refractivity contribution in [3.05, 3.63) is 111 Å². The van der Waals surface area contributed by atoms with Gasteiger partial charge in [0.05, 0.1) is 11.3 Å². The maximum atomic E-state index is 12.8. The summed E-state index contributed by atoms with van der Waals surface area (Å²) in [6, 6.07) is 21.1. The highest BCUT2D eigenvalue weighted by atomic mass is 32.1. The van der Waals surface area contributed by atoms with E-state index in [2.05, 4.69) is 10.3 Å². The number of esters is 1. The lowest BCUT2D eigenvalue weighted by molar-refractivity contribution is 0.0467. The number of fused-ring (bicyclic) bond motifs is 2. The van der Waals surface area contributed by atoms with E-state index in [1.54, 1.807) is 30.3 Å². The molecule has 34 heavy (non-hydrogen) atoms. The van der Waals surface area contributed by atoms with Gasteiger partial charge in [0.2, 0.25) is 0 Å². The van der Waals surface area contributed by atoms with Gasteiger partial charge in [0.25, 0.3) is 11.5 Å². The summed E-state index contributed by atoms with van der Waals surface area (Å²) in [7, 11) is 0. The van der Waals surface area contributed by atoms with Crippen LogP contribution in [0.3, 0.4) is 0 Å². The Morgan fingerprint density at radius 2 is 1.79 bits per heavy atom. The summed E-state index contributed by atoms with van der Waals surface area (Å²) in [5.74, 6) is -0.778. The predicted molar refractivity (Wildman–Crippen MR) is 132 cm³/mol. The number of anilines is 1. The summed E-state index contributed by atoms with van der Waals surface area (Å²) < 4.78 is 6.85. The standard InChI is InChI=1S/C26H19N3O4S/c1-16-15-34-26-28-20(13-23(30)29(16)26)14-33-25(32)18-9-11-19(12-10-18)27-24(31)22-8-4-6-17-5-2-3-7-21(17)22/h2-13,15H,14H2,1H3,(H,27,31). The van der Waals surface area contributed by atoms with Crippen LogP contribution in [-0.2, 0) is 11.3 Å². The highest BCUT2D eigenvalue weighted by molar-refractivity contribution is 7.15. The van der Waals surface area contributed by atoms with Gasteiger partial charge in [-0.2, -0.15) is 0 Å². The highest BCUT2D eigenvalue weighted by Crippen LogP contribution is 2.20. The molecule has 7 nitrogen and oxygen atoms in total. The number of aryl methyl sites for hydroxylation is 1. The van der Waals surface area contributed by atoms with Gasteiger partial charge in [-0.05, 0) is 48.0 Å². The Balaban J connectivity index is 1.25. The van der Waals surface area contributed by atoms with Gasteiger partial charge in [-0.25, -0.2) is 9.78 Å². The van der Waals surface area contributed by atoms with Crippen LogP contribution in [0.15, 0.2) is 83.0 Å². The molecule has 5 aromatic rings. The second-order valence-corrected chi connectivity index (χ2v) is 8.55. The fourth-order valence-electron chi connectivity index (χ4n) is 3.71. The van der Waals surface area contributed by atoms with Crippen molar-refractivity contribution in [3.8, 4) is 0 Å². The first-order valence-corrected chi connectivity index (χ1v) is 11.4. The average Bonchev–Trinajstić information content (AvgIpc) is 3.23. The SMILES string of the molecule is Cc1csc2nc(COC(=O)c3ccc(NC(=O)c4cccc5ccccc45)cc3)cc(=O)n12. The van der Waals surface area contributed by atoms with Crippen molar-refractivity contribution in [1.82, 2.24) is 9.38 Å². The van der Waals surface area contributed by atoms with E-state index < -0.39 is 5.97 Å². The lowest BCUT2D eigenvalue weighted by Gasteiger charge is -2.09. The fourth-order valence-corrected chi connectivity index (χ4v) is 4.60. The van der Waals surface area contributed by atoms with Crippen LogP contribution >= 0.6 is 11.3 Å². The monoisotopic (exact) mass is 469 g/mol. The number of aromatic nitrogens is 2. The minimum absolute atomic E-state index is 0.110. The van der Waals surface area contributed by atoms with Crippen molar-refractivity contribution < 1.29 is 14.3 Å². The fraction of sp³-hybridized carbons (Fsp3) is 0.0769. The number of carbonyl (C=O) groups excluding carboxylic acids is 2. The maximum Gasteiger partial charge on any atom is 0.338 e. The first-order chi connectivity index (χ1) is 16.5. The zero-order valence-corrected chi connectivity index (χ0v) is 19.0. The van der Waals surface area contributed by atoms with E-state index in [4.69, 9.17) is 4.74 Å². The van der Waals surface area contributed by atoms with Gasteiger partial charge in [0.1, 0.15) is 6.61 Å². The molecule has 1 amide bonds. The van der Waals surface area contributed by atoms with Gasteiger partial charge >= 0.3 is 5.97 Å². The number of nitrogens with one attached hydrogen (secondary N) is 1. The van der Waals surface area contributed by atoms with Crippen LogP contribution in [0.1, 0.15) is 32.1 Å². The predicted octanol–water partition coefficient (Wildman–Crippen LogP) is 4.83. The van der Waals surface area contributed by atoms with Crippen LogP contribution in [0.2, 0.25) is 0 Å². The van der Waals surface area contributed by atoms with E-state index in [0.29, 0.717) is 27.5 Å². The molecule has 168 valence electrons. The summed E-state index contributed by atoms with van der Waals surface area (Å²) in [6.07, 6.45) is 0. The Morgan fingerprint density at radius 3 is 2.62 bits per heavy atom. The van der Waals surface area contributed by atoms with Crippen LogP contribution < -0.4 is 10.9 Å². The molecule has 1 N–H and O–H groups in total. The number of benzene rings is 3. The summed E-state index contributed by atoms with van der Waals surface area (Å²) in [4.78, 5) is 42.4. The molecule has 2 aromatic heterocycles. The molecule has 2 heterocycles. The number of rotatable bonds is 5. The summed E-state index contributed by atoms with van der Waals surface area (Å²) in [6.45, 7) is 1.72. The second-order valence-electron chi connectivity index (χ2n) is 7.72. The normalized spacial score (nSPS) is 11.0. The van der Waals surface area contributed by atoms with Crippen LogP contribution in [0.4, 0.5) is 5.69 Å². The first kappa shape index (κ1) is 21.5. The number of ether oxygens (including phenoxy) is 1. The highest BCUT2D eigenvalue weighted by Gasteiger charge is 2.13. The second kappa shape index (κ2) is 8.92. The lowest BCUT2D eigenvalue weighted by atomic mass is 10.0. The Labute approximate surface area is 198 Å². The summed E-state index contributed by atoms with van der Waals surface area (Å²) in [5, 5.41) is 6.56. The van der Waals surface area contributed by atoms with Crippen LogP contribution in [0, 0.1) is 6.92 Å². The summed E-state index contributed by atoms with van der Waals surface area (Å²) in [5.41, 5.74) is 2.45.